The lowest BCUT2D eigenvalue weighted by Crippen LogP contribution is -2.27. The molecule has 1 aliphatic rings. The first-order chi connectivity index (χ1) is 10.6. The second-order valence-electron chi connectivity index (χ2n) is 5.13. The van der Waals surface area contributed by atoms with Gasteiger partial charge in [0.25, 0.3) is 0 Å². The molecule has 1 N–H and O–H groups in total. The molecule has 1 aliphatic heterocycles. The van der Waals surface area contributed by atoms with Gasteiger partial charge in [-0.3, -0.25) is 9.59 Å². The second kappa shape index (κ2) is 6.23. The van der Waals surface area contributed by atoms with Gasteiger partial charge in [-0.15, -0.1) is 11.8 Å². The zero-order chi connectivity index (χ0) is 15.5. The van der Waals surface area contributed by atoms with Crippen LogP contribution in [-0.2, 0) is 16.0 Å². The summed E-state index contributed by atoms with van der Waals surface area (Å²) in [6, 6.07) is 15.3. The summed E-state index contributed by atoms with van der Waals surface area (Å²) in [6.07, 6.45) is 0.305. The third-order valence-electron chi connectivity index (χ3n) is 3.55. The summed E-state index contributed by atoms with van der Waals surface area (Å²) in [4.78, 5) is 26.5. The predicted octanol–water partition coefficient (Wildman–Crippen LogP) is 2.94. The smallest absolute Gasteiger partial charge is 0.234 e. The van der Waals surface area contributed by atoms with Gasteiger partial charge in [0.2, 0.25) is 11.8 Å². The number of likely N-dealkylation sites (N-methyl/N-ethyl adjacent to an activating group) is 1. The Labute approximate surface area is 133 Å². The summed E-state index contributed by atoms with van der Waals surface area (Å²) in [5.41, 5.74) is 2.57. The Morgan fingerprint density at radius 2 is 2.00 bits per heavy atom. The fraction of sp³-hybridized carbons (Fsp3) is 0.176. The van der Waals surface area contributed by atoms with Gasteiger partial charge in [-0.2, -0.15) is 0 Å². The number of carbonyl (C=O) groups is 2. The molecule has 0 aliphatic carbocycles. The highest BCUT2D eigenvalue weighted by Crippen LogP contribution is 2.32. The van der Waals surface area contributed by atoms with Crippen LogP contribution in [0.3, 0.4) is 0 Å². The molecule has 0 saturated heterocycles. The van der Waals surface area contributed by atoms with E-state index in [1.165, 1.54) is 11.8 Å². The van der Waals surface area contributed by atoms with Gasteiger partial charge in [-0.05, 0) is 29.8 Å². The number of carbonyl (C=O) groups excluding carboxylic acids is 2. The van der Waals surface area contributed by atoms with Crippen LogP contribution in [0, 0.1) is 0 Å². The van der Waals surface area contributed by atoms with E-state index in [2.05, 4.69) is 5.32 Å². The SMILES string of the molecule is CN(C(=O)Cc1ccc2c(c1)NC(=O)CS2)c1ccccc1. The van der Waals surface area contributed by atoms with E-state index in [1.807, 2.05) is 48.5 Å². The topological polar surface area (TPSA) is 49.4 Å². The molecule has 0 radical (unpaired) electrons. The first-order valence-electron chi connectivity index (χ1n) is 7.00. The third-order valence-corrected chi connectivity index (χ3v) is 4.62. The first-order valence-corrected chi connectivity index (χ1v) is 7.99. The van der Waals surface area contributed by atoms with Crippen molar-refractivity contribution in [1.82, 2.24) is 0 Å². The molecule has 2 amide bonds. The van der Waals surface area contributed by atoms with Crippen molar-refractivity contribution in [2.45, 2.75) is 11.3 Å². The lowest BCUT2D eigenvalue weighted by molar-refractivity contribution is -0.117. The normalized spacial score (nSPS) is 13.2. The highest BCUT2D eigenvalue weighted by atomic mass is 32.2. The number of hydrogen-bond donors (Lipinski definition) is 1. The zero-order valence-corrected chi connectivity index (χ0v) is 13.0. The number of nitrogens with one attached hydrogen (secondary N) is 1. The molecule has 0 bridgehead atoms. The highest BCUT2D eigenvalue weighted by molar-refractivity contribution is 8.00. The van der Waals surface area contributed by atoms with E-state index in [0.29, 0.717) is 12.2 Å². The summed E-state index contributed by atoms with van der Waals surface area (Å²) in [6.45, 7) is 0. The number of amides is 2. The van der Waals surface area contributed by atoms with Crippen molar-refractivity contribution in [2.24, 2.45) is 0 Å². The Balaban J connectivity index is 1.74. The molecule has 5 heteroatoms. The Morgan fingerprint density at radius 3 is 2.77 bits per heavy atom. The van der Waals surface area contributed by atoms with Gasteiger partial charge < -0.3 is 10.2 Å². The number of fused-ring (bicyclic) bond motifs is 1. The van der Waals surface area contributed by atoms with Crippen LogP contribution in [-0.4, -0.2) is 24.6 Å². The zero-order valence-electron chi connectivity index (χ0n) is 12.2. The van der Waals surface area contributed by atoms with Crippen molar-refractivity contribution in [2.75, 3.05) is 23.0 Å². The number of rotatable bonds is 3. The molecule has 3 rings (SSSR count). The maximum Gasteiger partial charge on any atom is 0.234 e. The average molecular weight is 312 g/mol. The van der Waals surface area contributed by atoms with Crippen LogP contribution >= 0.6 is 11.8 Å². The van der Waals surface area contributed by atoms with Gasteiger partial charge in [-0.25, -0.2) is 0 Å². The fourth-order valence-corrected chi connectivity index (χ4v) is 3.12. The number of thioether (sulfide) groups is 1. The maximum atomic E-state index is 12.4. The van der Waals surface area contributed by atoms with E-state index in [4.69, 9.17) is 0 Å². The maximum absolute atomic E-state index is 12.4. The predicted molar refractivity (Wildman–Crippen MR) is 89.4 cm³/mol. The molecule has 0 unspecified atom stereocenters. The average Bonchev–Trinajstić information content (AvgIpc) is 2.54. The lowest BCUT2D eigenvalue weighted by atomic mass is 10.1. The molecular formula is C17H16N2O2S. The van der Waals surface area contributed by atoms with Crippen LogP contribution in [0.15, 0.2) is 53.4 Å². The van der Waals surface area contributed by atoms with Gasteiger partial charge in [0.15, 0.2) is 0 Å². The van der Waals surface area contributed by atoms with Gasteiger partial charge in [0, 0.05) is 17.6 Å². The van der Waals surface area contributed by atoms with Crippen molar-refractivity contribution in [3.05, 3.63) is 54.1 Å². The van der Waals surface area contributed by atoms with E-state index >= 15 is 0 Å². The number of anilines is 2. The standard InChI is InChI=1S/C17H16N2O2S/c1-19(13-5-3-2-4-6-13)17(21)10-12-7-8-15-14(9-12)18-16(20)11-22-15/h2-9H,10-11H2,1H3,(H,18,20). The molecular weight excluding hydrogens is 296 g/mol. The minimum atomic E-state index is 0.00220. The molecule has 2 aromatic rings. The minimum Gasteiger partial charge on any atom is -0.324 e. The van der Waals surface area contributed by atoms with E-state index < -0.39 is 0 Å². The summed E-state index contributed by atoms with van der Waals surface area (Å²) < 4.78 is 0. The molecule has 112 valence electrons. The summed E-state index contributed by atoms with van der Waals surface area (Å²) >= 11 is 1.52. The van der Waals surface area contributed by atoms with Gasteiger partial charge >= 0.3 is 0 Å². The molecule has 2 aromatic carbocycles. The van der Waals surface area contributed by atoms with Crippen molar-refractivity contribution in [3.63, 3.8) is 0 Å². The van der Waals surface area contributed by atoms with Crippen molar-refractivity contribution in [3.8, 4) is 0 Å². The molecule has 0 atom stereocenters. The quantitative estimate of drug-likeness (QED) is 0.948. The van der Waals surface area contributed by atoms with Gasteiger partial charge in [0.05, 0.1) is 17.9 Å². The molecule has 22 heavy (non-hydrogen) atoms. The summed E-state index contributed by atoms with van der Waals surface area (Å²) in [5, 5.41) is 2.85. The largest absolute Gasteiger partial charge is 0.324 e. The van der Waals surface area contributed by atoms with Crippen LogP contribution in [0.2, 0.25) is 0 Å². The number of para-hydroxylation sites is 1. The van der Waals surface area contributed by atoms with Gasteiger partial charge in [0.1, 0.15) is 0 Å². The van der Waals surface area contributed by atoms with Crippen molar-refractivity contribution >= 4 is 35.0 Å². The number of nitrogens with zero attached hydrogens (tertiary/aromatic N) is 1. The number of benzene rings is 2. The monoisotopic (exact) mass is 312 g/mol. The molecule has 1 heterocycles. The van der Waals surface area contributed by atoms with Crippen LogP contribution < -0.4 is 10.2 Å². The molecule has 0 saturated carbocycles. The molecule has 0 spiro atoms. The van der Waals surface area contributed by atoms with E-state index in [0.717, 1.165) is 21.8 Å². The lowest BCUT2D eigenvalue weighted by Gasteiger charge is -2.19. The van der Waals surface area contributed by atoms with E-state index in [1.54, 1.807) is 11.9 Å². The summed E-state index contributed by atoms with van der Waals surface area (Å²) in [5.74, 6) is 0.463. The third kappa shape index (κ3) is 3.14. The molecule has 0 fully saturated rings. The summed E-state index contributed by atoms with van der Waals surface area (Å²) in [7, 11) is 1.77. The Bertz CT molecular complexity index is 716. The Morgan fingerprint density at radius 1 is 1.23 bits per heavy atom. The Kier molecular flexibility index (Phi) is 4.15. The molecule has 0 aromatic heterocycles. The van der Waals surface area contributed by atoms with Gasteiger partial charge in [-0.1, -0.05) is 24.3 Å². The van der Waals surface area contributed by atoms with Crippen LogP contribution in [0.5, 0.6) is 0 Å². The molecule has 4 nitrogen and oxygen atoms in total. The van der Waals surface area contributed by atoms with Crippen LogP contribution in [0.1, 0.15) is 5.56 Å². The highest BCUT2D eigenvalue weighted by Gasteiger charge is 2.17. The second-order valence-corrected chi connectivity index (χ2v) is 6.15. The number of hydrogen-bond acceptors (Lipinski definition) is 3. The van der Waals surface area contributed by atoms with Crippen LogP contribution in [0.25, 0.3) is 0 Å². The first kappa shape index (κ1) is 14.7. The Hall–Kier alpha value is -2.27. The van der Waals surface area contributed by atoms with Crippen molar-refractivity contribution in [1.29, 1.82) is 0 Å². The van der Waals surface area contributed by atoms with E-state index in [9.17, 15) is 9.59 Å². The van der Waals surface area contributed by atoms with E-state index in [-0.39, 0.29) is 11.8 Å². The fourth-order valence-electron chi connectivity index (χ4n) is 2.33. The van der Waals surface area contributed by atoms with Crippen molar-refractivity contribution < 1.29 is 9.59 Å². The van der Waals surface area contributed by atoms with Crippen LogP contribution in [0.4, 0.5) is 11.4 Å². The minimum absolute atomic E-state index is 0.00220.